The predicted octanol–water partition coefficient (Wildman–Crippen LogP) is 3.07. The van der Waals surface area contributed by atoms with Crippen molar-refractivity contribution >= 4 is 16.9 Å². The number of nitrogens with zero attached hydrogens (tertiary/aromatic N) is 3. The van der Waals surface area contributed by atoms with E-state index >= 15 is 0 Å². The fourth-order valence-electron chi connectivity index (χ4n) is 2.32. The predicted molar refractivity (Wildman–Crippen MR) is 78.0 cm³/mol. The van der Waals surface area contributed by atoms with Crippen LogP contribution in [0.5, 0.6) is 0 Å². The van der Waals surface area contributed by atoms with E-state index in [2.05, 4.69) is 29.0 Å². The molecule has 3 aromatic rings. The summed E-state index contributed by atoms with van der Waals surface area (Å²) in [4.78, 5) is 8.71. The molecular formula is C15H16N4O. The third-order valence-electron chi connectivity index (χ3n) is 3.18. The first-order valence-electron chi connectivity index (χ1n) is 6.61. The van der Waals surface area contributed by atoms with Gasteiger partial charge in [0.05, 0.1) is 11.0 Å². The first kappa shape index (κ1) is 12.6. The Morgan fingerprint density at radius 3 is 2.80 bits per heavy atom. The molecule has 0 radical (unpaired) electrons. The molecular weight excluding hydrogens is 252 g/mol. The number of anilines is 1. The lowest BCUT2D eigenvalue weighted by Crippen LogP contribution is -1.99. The zero-order valence-electron chi connectivity index (χ0n) is 11.5. The van der Waals surface area contributed by atoms with Gasteiger partial charge in [0.15, 0.2) is 0 Å². The van der Waals surface area contributed by atoms with Crippen LogP contribution in [0.3, 0.4) is 0 Å². The maximum absolute atomic E-state index is 5.91. The summed E-state index contributed by atoms with van der Waals surface area (Å²) in [6, 6.07) is 5.84. The molecule has 5 nitrogen and oxygen atoms in total. The minimum absolute atomic E-state index is 0.384. The summed E-state index contributed by atoms with van der Waals surface area (Å²) < 4.78 is 5.18. The first-order valence-corrected chi connectivity index (χ1v) is 6.61. The smallest absolute Gasteiger partial charge is 0.225 e. The Bertz CT molecular complexity index is 743. The summed E-state index contributed by atoms with van der Waals surface area (Å²) in [5, 5.41) is 4.12. The minimum atomic E-state index is 0.384. The van der Waals surface area contributed by atoms with Crippen molar-refractivity contribution in [3.8, 4) is 11.3 Å². The molecule has 0 aliphatic rings. The molecule has 0 aliphatic carbocycles. The molecule has 2 N–H and O–H groups in total. The molecule has 0 spiro atoms. The fourth-order valence-corrected chi connectivity index (χ4v) is 2.32. The lowest BCUT2D eigenvalue weighted by Gasteiger charge is -2.06. The largest absolute Gasteiger partial charge is 0.367 e. The van der Waals surface area contributed by atoms with Crippen LogP contribution >= 0.6 is 0 Å². The molecule has 20 heavy (non-hydrogen) atoms. The number of nitrogen functional groups attached to an aromatic ring is 1. The summed E-state index contributed by atoms with van der Waals surface area (Å²) in [5.41, 5.74) is 10.2. The third-order valence-corrected chi connectivity index (χ3v) is 3.18. The van der Waals surface area contributed by atoms with Crippen molar-refractivity contribution in [3.63, 3.8) is 0 Å². The van der Waals surface area contributed by atoms with Crippen LogP contribution in [0, 0.1) is 5.92 Å². The highest BCUT2D eigenvalue weighted by Crippen LogP contribution is 2.32. The third kappa shape index (κ3) is 2.11. The van der Waals surface area contributed by atoms with Gasteiger partial charge in [-0.25, -0.2) is 0 Å². The van der Waals surface area contributed by atoms with E-state index in [0.29, 0.717) is 11.8 Å². The van der Waals surface area contributed by atoms with Crippen LogP contribution in [0.15, 0.2) is 35.1 Å². The van der Waals surface area contributed by atoms with Crippen molar-refractivity contribution in [2.75, 3.05) is 5.73 Å². The first-order chi connectivity index (χ1) is 9.66. The van der Waals surface area contributed by atoms with Crippen LogP contribution in [0.1, 0.15) is 19.4 Å². The second-order valence-corrected chi connectivity index (χ2v) is 5.20. The molecule has 2 aromatic heterocycles. The summed E-state index contributed by atoms with van der Waals surface area (Å²) >= 11 is 0. The molecule has 0 aliphatic heterocycles. The summed E-state index contributed by atoms with van der Waals surface area (Å²) in [6.07, 6.45) is 4.18. The van der Waals surface area contributed by atoms with E-state index in [1.54, 1.807) is 12.4 Å². The number of hydrogen-bond donors (Lipinski definition) is 1. The van der Waals surface area contributed by atoms with Crippen molar-refractivity contribution < 1.29 is 4.52 Å². The number of rotatable bonds is 3. The van der Waals surface area contributed by atoms with Gasteiger partial charge in [-0.3, -0.25) is 9.97 Å². The molecule has 3 rings (SSSR count). The Morgan fingerprint density at radius 1 is 1.20 bits per heavy atom. The quantitative estimate of drug-likeness (QED) is 0.789. The van der Waals surface area contributed by atoms with Crippen LogP contribution < -0.4 is 5.73 Å². The Morgan fingerprint density at radius 2 is 2.00 bits per heavy atom. The molecule has 102 valence electrons. The molecule has 0 saturated heterocycles. The highest BCUT2D eigenvalue weighted by atomic mass is 16.5. The van der Waals surface area contributed by atoms with Crippen molar-refractivity contribution in [3.05, 3.63) is 36.2 Å². The second kappa shape index (κ2) is 4.92. The van der Waals surface area contributed by atoms with Gasteiger partial charge in [0.2, 0.25) is 5.88 Å². The molecule has 0 fully saturated rings. The molecule has 0 bridgehead atoms. The van der Waals surface area contributed by atoms with E-state index in [1.807, 2.05) is 18.2 Å². The van der Waals surface area contributed by atoms with Gasteiger partial charge in [-0.15, -0.1) is 0 Å². The monoisotopic (exact) mass is 268 g/mol. The maximum atomic E-state index is 5.91. The number of hydrogen-bond acceptors (Lipinski definition) is 5. The second-order valence-electron chi connectivity index (χ2n) is 5.20. The van der Waals surface area contributed by atoms with Gasteiger partial charge in [-0.05, 0) is 18.4 Å². The average Bonchev–Trinajstić information content (AvgIpc) is 2.79. The van der Waals surface area contributed by atoms with Gasteiger partial charge in [-0.1, -0.05) is 31.1 Å². The summed E-state index contributed by atoms with van der Waals surface area (Å²) in [6.45, 7) is 4.28. The van der Waals surface area contributed by atoms with Gasteiger partial charge in [0, 0.05) is 23.5 Å². The Balaban J connectivity index is 2.21. The van der Waals surface area contributed by atoms with E-state index in [9.17, 15) is 0 Å². The molecule has 5 heteroatoms. The molecule has 0 saturated carbocycles. The number of fused-ring (bicyclic) bond motifs is 1. The Labute approximate surface area is 116 Å². The number of para-hydroxylation sites is 1. The van der Waals surface area contributed by atoms with Crippen molar-refractivity contribution in [2.24, 2.45) is 5.92 Å². The lowest BCUT2D eigenvalue weighted by molar-refractivity contribution is 0.438. The van der Waals surface area contributed by atoms with Crippen LogP contribution in [-0.2, 0) is 6.42 Å². The fraction of sp³-hybridized carbons (Fsp3) is 0.267. The van der Waals surface area contributed by atoms with Gasteiger partial charge in [-0.2, -0.15) is 0 Å². The van der Waals surface area contributed by atoms with E-state index in [4.69, 9.17) is 10.3 Å². The normalized spacial score (nSPS) is 11.3. The summed E-state index contributed by atoms with van der Waals surface area (Å²) in [7, 11) is 0. The van der Waals surface area contributed by atoms with E-state index < -0.39 is 0 Å². The average molecular weight is 268 g/mol. The molecule has 2 heterocycles. The zero-order chi connectivity index (χ0) is 14.1. The molecule has 0 amide bonds. The van der Waals surface area contributed by atoms with Crippen molar-refractivity contribution in [2.45, 2.75) is 20.3 Å². The lowest BCUT2D eigenvalue weighted by atomic mass is 9.98. The van der Waals surface area contributed by atoms with Crippen LogP contribution in [0.25, 0.3) is 22.3 Å². The Hall–Kier alpha value is -2.43. The highest BCUT2D eigenvalue weighted by Gasteiger charge is 2.18. The van der Waals surface area contributed by atoms with E-state index in [1.165, 1.54) is 0 Å². The van der Waals surface area contributed by atoms with Gasteiger partial charge < -0.3 is 10.3 Å². The highest BCUT2D eigenvalue weighted by molar-refractivity contribution is 5.91. The molecule has 1 aromatic carbocycles. The van der Waals surface area contributed by atoms with Crippen LogP contribution in [0.2, 0.25) is 0 Å². The van der Waals surface area contributed by atoms with Gasteiger partial charge in [0.25, 0.3) is 0 Å². The standard InChI is InChI=1S/C15H16N4O/c1-9(2)8-11-13(19-20-15(11)16)10-4-3-5-12-14(10)18-7-6-17-12/h3-7,9H,8,16H2,1-2H3. The van der Waals surface area contributed by atoms with Crippen LogP contribution in [0.4, 0.5) is 5.88 Å². The van der Waals surface area contributed by atoms with Crippen LogP contribution in [-0.4, -0.2) is 15.1 Å². The SMILES string of the molecule is CC(C)Cc1c(-c2cccc3nccnc23)noc1N. The summed E-state index contributed by atoms with van der Waals surface area (Å²) in [5.74, 6) is 0.853. The van der Waals surface area contributed by atoms with Gasteiger partial charge >= 0.3 is 0 Å². The van der Waals surface area contributed by atoms with E-state index in [0.717, 1.165) is 34.3 Å². The molecule has 0 unspecified atom stereocenters. The Kier molecular flexibility index (Phi) is 3.10. The number of nitrogens with two attached hydrogens (primary N) is 1. The zero-order valence-corrected chi connectivity index (χ0v) is 11.5. The van der Waals surface area contributed by atoms with Gasteiger partial charge in [0.1, 0.15) is 5.69 Å². The van der Waals surface area contributed by atoms with Crippen molar-refractivity contribution in [1.29, 1.82) is 0 Å². The number of aromatic nitrogens is 3. The topological polar surface area (TPSA) is 77.8 Å². The van der Waals surface area contributed by atoms with Crippen molar-refractivity contribution in [1.82, 2.24) is 15.1 Å². The maximum Gasteiger partial charge on any atom is 0.225 e. The number of benzene rings is 1. The molecule has 0 atom stereocenters. The van der Waals surface area contributed by atoms with E-state index in [-0.39, 0.29) is 0 Å². The minimum Gasteiger partial charge on any atom is -0.367 e.